The first-order chi connectivity index (χ1) is 13.6. The molecule has 1 atom stereocenters. The lowest BCUT2D eigenvalue weighted by atomic mass is 10.1. The molecule has 1 aliphatic heterocycles. The number of rotatable bonds is 4. The molecule has 6 heteroatoms. The van der Waals surface area contributed by atoms with E-state index in [9.17, 15) is 8.42 Å². The number of methoxy groups -OCH3 is 1. The van der Waals surface area contributed by atoms with Crippen LogP contribution in [0.15, 0.2) is 59.5 Å². The molecule has 0 saturated carbocycles. The molecule has 3 aromatic carbocycles. The maximum atomic E-state index is 13.7. The third kappa shape index (κ3) is 2.66. The zero-order valence-corrected chi connectivity index (χ0v) is 17.2. The van der Waals surface area contributed by atoms with E-state index in [1.165, 1.54) is 5.56 Å². The summed E-state index contributed by atoms with van der Waals surface area (Å²) in [7, 11) is -1.98. The van der Waals surface area contributed by atoms with E-state index in [1.54, 1.807) is 29.2 Å². The van der Waals surface area contributed by atoms with Gasteiger partial charge in [-0.05, 0) is 46.9 Å². The Morgan fingerprint density at radius 2 is 1.89 bits per heavy atom. The van der Waals surface area contributed by atoms with Crippen molar-refractivity contribution in [3.05, 3.63) is 71.3 Å². The number of para-hydroxylation sites is 1. The Balaban J connectivity index is 1.63. The molecule has 1 unspecified atom stereocenters. The molecule has 1 aliphatic carbocycles. The number of aryl methyl sites for hydroxylation is 2. The molecule has 0 radical (unpaired) electrons. The van der Waals surface area contributed by atoms with Gasteiger partial charge in [-0.1, -0.05) is 42.5 Å². The van der Waals surface area contributed by atoms with E-state index in [0.29, 0.717) is 11.4 Å². The maximum Gasteiger partial charge on any atom is 0.244 e. The molecular weight excluding hydrogens is 390 g/mol. The van der Waals surface area contributed by atoms with Crippen molar-refractivity contribution in [2.45, 2.75) is 23.1 Å². The number of thioether (sulfide) groups is 1. The van der Waals surface area contributed by atoms with Crippen LogP contribution < -0.4 is 4.74 Å². The molecule has 0 amide bonds. The van der Waals surface area contributed by atoms with Crippen molar-refractivity contribution < 1.29 is 13.2 Å². The molecule has 2 aliphatic rings. The van der Waals surface area contributed by atoms with Crippen LogP contribution in [0.5, 0.6) is 5.75 Å². The van der Waals surface area contributed by atoms with Crippen LogP contribution in [0, 0.1) is 0 Å². The van der Waals surface area contributed by atoms with E-state index >= 15 is 0 Å². The van der Waals surface area contributed by atoms with Gasteiger partial charge in [0, 0.05) is 17.9 Å². The van der Waals surface area contributed by atoms with Crippen LogP contribution in [0.25, 0.3) is 10.8 Å². The van der Waals surface area contributed by atoms with Crippen molar-refractivity contribution in [2.75, 3.05) is 19.4 Å². The fourth-order valence-corrected chi connectivity index (χ4v) is 7.93. The predicted molar refractivity (Wildman–Crippen MR) is 113 cm³/mol. The molecule has 144 valence electrons. The number of hydrogen-bond acceptors (Lipinski definition) is 4. The van der Waals surface area contributed by atoms with Crippen LogP contribution in [0.3, 0.4) is 0 Å². The number of nitrogens with zero attached hydrogens (tertiary/aromatic N) is 1. The lowest BCUT2D eigenvalue weighted by Gasteiger charge is -2.25. The lowest BCUT2D eigenvalue weighted by molar-refractivity contribution is 0.390. The fourth-order valence-electron chi connectivity index (χ4n) is 4.42. The van der Waals surface area contributed by atoms with Crippen molar-refractivity contribution >= 4 is 32.6 Å². The third-order valence-electron chi connectivity index (χ3n) is 5.68. The van der Waals surface area contributed by atoms with Crippen molar-refractivity contribution in [3.63, 3.8) is 0 Å². The first kappa shape index (κ1) is 18.0. The average Bonchev–Trinajstić information content (AvgIpc) is 3.37. The molecule has 5 rings (SSSR count). The van der Waals surface area contributed by atoms with Crippen LogP contribution in [0.2, 0.25) is 0 Å². The van der Waals surface area contributed by atoms with E-state index in [4.69, 9.17) is 4.74 Å². The summed E-state index contributed by atoms with van der Waals surface area (Å²) < 4.78 is 34.6. The molecule has 3 aromatic rings. The molecule has 28 heavy (non-hydrogen) atoms. The van der Waals surface area contributed by atoms with Gasteiger partial charge >= 0.3 is 0 Å². The Morgan fingerprint density at radius 3 is 2.75 bits per heavy atom. The number of ether oxygens (including phenoxy) is 1. The van der Waals surface area contributed by atoms with Gasteiger partial charge in [-0.2, -0.15) is 4.31 Å². The second-order valence-electron chi connectivity index (χ2n) is 7.14. The van der Waals surface area contributed by atoms with Gasteiger partial charge in [0.2, 0.25) is 10.0 Å². The topological polar surface area (TPSA) is 46.6 Å². The average molecular weight is 412 g/mol. The summed E-state index contributed by atoms with van der Waals surface area (Å²) in [4.78, 5) is 0.465. The largest absolute Gasteiger partial charge is 0.496 e. The first-order valence-corrected chi connectivity index (χ1v) is 11.9. The van der Waals surface area contributed by atoms with Crippen molar-refractivity contribution in [1.82, 2.24) is 4.31 Å². The van der Waals surface area contributed by atoms with E-state index in [0.717, 1.165) is 46.2 Å². The van der Waals surface area contributed by atoms with Crippen LogP contribution in [0.4, 0.5) is 0 Å². The molecule has 0 bridgehead atoms. The summed E-state index contributed by atoms with van der Waals surface area (Å²) >= 11 is 1.65. The Bertz CT molecular complexity index is 1170. The quantitative estimate of drug-likeness (QED) is 0.639. The fraction of sp³-hybridized carbons (Fsp3) is 0.273. The maximum absolute atomic E-state index is 13.7. The third-order valence-corrected chi connectivity index (χ3v) is 9.01. The molecule has 0 N–H and O–H groups in total. The molecule has 0 spiro atoms. The first-order valence-electron chi connectivity index (χ1n) is 9.41. The van der Waals surface area contributed by atoms with E-state index in [2.05, 4.69) is 18.2 Å². The highest BCUT2D eigenvalue weighted by atomic mass is 32.2. The monoisotopic (exact) mass is 411 g/mol. The second-order valence-corrected chi connectivity index (χ2v) is 10.2. The number of benzene rings is 3. The summed E-state index contributed by atoms with van der Waals surface area (Å²) in [5.74, 6) is 1.50. The Kier molecular flexibility index (Phi) is 4.38. The molecule has 1 fully saturated rings. The van der Waals surface area contributed by atoms with Gasteiger partial charge in [-0.3, -0.25) is 0 Å². The highest BCUT2D eigenvalue weighted by molar-refractivity contribution is 8.01. The predicted octanol–water partition coefficient (Wildman–Crippen LogP) is 4.38. The highest BCUT2D eigenvalue weighted by Crippen LogP contribution is 2.46. The lowest BCUT2D eigenvalue weighted by Crippen LogP contribution is -2.31. The minimum atomic E-state index is -3.60. The summed E-state index contributed by atoms with van der Waals surface area (Å²) in [6.45, 7) is 0.509. The van der Waals surface area contributed by atoms with Gasteiger partial charge in [0.15, 0.2) is 0 Å². The van der Waals surface area contributed by atoms with Crippen LogP contribution in [-0.4, -0.2) is 32.1 Å². The number of sulfonamides is 1. The molecular formula is C22H21NO3S2. The summed E-state index contributed by atoms with van der Waals surface area (Å²) in [5, 5.41) is 1.99. The zero-order chi connectivity index (χ0) is 19.3. The normalized spacial score (nSPS) is 19.4. The van der Waals surface area contributed by atoms with Crippen molar-refractivity contribution in [1.29, 1.82) is 0 Å². The van der Waals surface area contributed by atoms with Crippen LogP contribution >= 0.6 is 11.8 Å². The SMILES string of the molecule is COc1ccccc1C1SCCN1S(=O)(=O)c1ccc2cccc3c2c1CC3. The van der Waals surface area contributed by atoms with Crippen LogP contribution in [-0.2, 0) is 22.9 Å². The number of hydrogen-bond donors (Lipinski definition) is 0. The Labute approximate surface area is 169 Å². The Morgan fingerprint density at radius 1 is 1.04 bits per heavy atom. The van der Waals surface area contributed by atoms with Gasteiger partial charge in [0.25, 0.3) is 0 Å². The minimum Gasteiger partial charge on any atom is -0.496 e. The van der Waals surface area contributed by atoms with E-state index in [-0.39, 0.29) is 5.37 Å². The molecule has 1 heterocycles. The van der Waals surface area contributed by atoms with Gasteiger partial charge < -0.3 is 4.74 Å². The summed E-state index contributed by atoms with van der Waals surface area (Å²) in [5.41, 5.74) is 3.14. The van der Waals surface area contributed by atoms with Gasteiger partial charge in [-0.15, -0.1) is 11.8 Å². The summed E-state index contributed by atoms with van der Waals surface area (Å²) in [6, 6.07) is 17.7. The van der Waals surface area contributed by atoms with Gasteiger partial charge in [0.1, 0.15) is 5.75 Å². The molecule has 0 aromatic heterocycles. The molecule has 1 saturated heterocycles. The van der Waals surface area contributed by atoms with E-state index < -0.39 is 10.0 Å². The standard InChI is InChI=1S/C22H21NO3S2/c1-26-19-8-3-2-7-17(19)22-23(13-14-27-22)28(24,25)20-12-10-16-6-4-5-15-9-11-18(20)21(15)16/h2-8,10,12,22H,9,11,13-14H2,1H3. The molecule has 4 nitrogen and oxygen atoms in total. The van der Waals surface area contributed by atoms with Crippen molar-refractivity contribution in [2.24, 2.45) is 0 Å². The zero-order valence-electron chi connectivity index (χ0n) is 15.6. The second kappa shape index (κ2) is 6.79. The summed E-state index contributed by atoms with van der Waals surface area (Å²) in [6.07, 6.45) is 1.69. The van der Waals surface area contributed by atoms with Crippen molar-refractivity contribution in [3.8, 4) is 5.75 Å². The smallest absolute Gasteiger partial charge is 0.244 e. The highest BCUT2D eigenvalue weighted by Gasteiger charge is 2.39. The van der Waals surface area contributed by atoms with E-state index in [1.807, 2.05) is 30.3 Å². The van der Waals surface area contributed by atoms with Gasteiger partial charge in [0.05, 0.1) is 17.4 Å². The Hall–Kier alpha value is -2.02. The van der Waals surface area contributed by atoms with Gasteiger partial charge in [-0.25, -0.2) is 8.42 Å². The minimum absolute atomic E-state index is 0.263. The van der Waals surface area contributed by atoms with Crippen LogP contribution in [0.1, 0.15) is 22.1 Å².